The van der Waals surface area contributed by atoms with Crippen LogP contribution in [0.15, 0.2) is 18.2 Å². The molecular weight excluding hydrogens is 349 g/mol. The number of nitrogens with one attached hydrogen (secondary N) is 1. The summed E-state index contributed by atoms with van der Waals surface area (Å²) in [4.78, 5) is 0. The Morgan fingerprint density at radius 3 is 2.76 bits per heavy atom. The maximum Gasteiger partial charge on any atom is 0.125 e. The molecule has 0 bridgehead atoms. The van der Waals surface area contributed by atoms with Gasteiger partial charge >= 0.3 is 0 Å². The van der Waals surface area contributed by atoms with Gasteiger partial charge in [-0.1, -0.05) is 34.8 Å². The summed E-state index contributed by atoms with van der Waals surface area (Å²) in [6.45, 7) is 0.720. The van der Waals surface area contributed by atoms with Crippen LogP contribution >= 0.6 is 46.1 Å². The third-order valence-electron chi connectivity index (χ3n) is 3.66. The fourth-order valence-corrected chi connectivity index (χ4v) is 4.52. The summed E-state index contributed by atoms with van der Waals surface area (Å²) in [6, 6.07) is 5.95. The van der Waals surface area contributed by atoms with E-state index in [9.17, 15) is 0 Å². The standard InChI is InChI=1S/C15H14Cl3NOS/c1-19-12(11-7-13(17)21-15(11)18)6-9-5-10(16)4-8-2-3-20-14(8)9/h4-5,7,12,19H,2-3,6H2,1H3. The molecule has 0 saturated heterocycles. The molecule has 0 spiro atoms. The highest BCUT2D eigenvalue weighted by atomic mass is 35.5. The highest BCUT2D eigenvalue weighted by Crippen LogP contribution is 2.39. The van der Waals surface area contributed by atoms with Crippen molar-refractivity contribution in [3.8, 4) is 5.75 Å². The smallest absolute Gasteiger partial charge is 0.125 e. The molecule has 21 heavy (non-hydrogen) atoms. The van der Waals surface area contributed by atoms with E-state index in [1.54, 1.807) is 0 Å². The molecule has 0 saturated carbocycles. The van der Waals surface area contributed by atoms with Crippen LogP contribution in [0.4, 0.5) is 0 Å². The Bertz CT molecular complexity index is 671. The summed E-state index contributed by atoms with van der Waals surface area (Å²) >= 11 is 19.9. The van der Waals surface area contributed by atoms with E-state index in [1.165, 1.54) is 16.9 Å². The molecule has 2 aromatic rings. The fraction of sp³-hybridized carbons (Fsp3) is 0.333. The Kier molecular flexibility index (Phi) is 4.67. The molecular formula is C15H14Cl3NOS. The van der Waals surface area contributed by atoms with E-state index in [0.29, 0.717) is 4.34 Å². The zero-order valence-electron chi connectivity index (χ0n) is 11.4. The van der Waals surface area contributed by atoms with Gasteiger partial charge in [0.15, 0.2) is 0 Å². The molecule has 6 heteroatoms. The second kappa shape index (κ2) is 6.35. The SMILES string of the molecule is CNC(Cc1cc(Cl)cc2c1OCC2)c1cc(Cl)sc1Cl. The van der Waals surface area contributed by atoms with Gasteiger partial charge in [0.25, 0.3) is 0 Å². The normalized spacial score (nSPS) is 14.9. The number of hydrogen-bond acceptors (Lipinski definition) is 3. The quantitative estimate of drug-likeness (QED) is 0.812. The average molecular weight is 363 g/mol. The lowest BCUT2D eigenvalue weighted by Crippen LogP contribution is -2.19. The number of ether oxygens (including phenoxy) is 1. The highest BCUT2D eigenvalue weighted by Gasteiger charge is 2.22. The van der Waals surface area contributed by atoms with Crippen LogP contribution < -0.4 is 10.1 Å². The number of halogens is 3. The van der Waals surface area contributed by atoms with E-state index < -0.39 is 0 Å². The maximum atomic E-state index is 6.27. The van der Waals surface area contributed by atoms with Crippen molar-refractivity contribution < 1.29 is 4.74 Å². The lowest BCUT2D eigenvalue weighted by molar-refractivity contribution is 0.352. The zero-order valence-corrected chi connectivity index (χ0v) is 14.5. The van der Waals surface area contributed by atoms with Crippen LogP contribution in [0.5, 0.6) is 5.75 Å². The molecule has 1 aliphatic heterocycles. The molecule has 1 N–H and O–H groups in total. The first kappa shape index (κ1) is 15.4. The van der Waals surface area contributed by atoms with E-state index in [0.717, 1.165) is 45.7 Å². The molecule has 0 radical (unpaired) electrons. The Labute approximate surface area is 143 Å². The number of rotatable bonds is 4. The number of thiophene rings is 1. The molecule has 1 unspecified atom stereocenters. The van der Waals surface area contributed by atoms with Gasteiger partial charge in [0.2, 0.25) is 0 Å². The van der Waals surface area contributed by atoms with Crippen molar-refractivity contribution >= 4 is 46.1 Å². The van der Waals surface area contributed by atoms with E-state index >= 15 is 0 Å². The molecule has 1 atom stereocenters. The molecule has 2 nitrogen and oxygen atoms in total. The van der Waals surface area contributed by atoms with Crippen molar-refractivity contribution in [2.45, 2.75) is 18.9 Å². The van der Waals surface area contributed by atoms with Crippen LogP contribution in [0.25, 0.3) is 0 Å². The molecule has 0 amide bonds. The molecule has 1 aromatic heterocycles. The Balaban J connectivity index is 1.93. The van der Waals surface area contributed by atoms with Crippen LogP contribution in [0.2, 0.25) is 13.7 Å². The zero-order chi connectivity index (χ0) is 15.0. The maximum absolute atomic E-state index is 6.27. The first-order valence-corrected chi connectivity index (χ1v) is 8.59. The van der Waals surface area contributed by atoms with Gasteiger partial charge in [0.05, 0.1) is 15.3 Å². The van der Waals surface area contributed by atoms with Crippen molar-refractivity contribution in [1.82, 2.24) is 5.32 Å². The van der Waals surface area contributed by atoms with E-state index in [-0.39, 0.29) is 6.04 Å². The molecule has 3 rings (SSSR count). The minimum atomic E-state index is 0.0769. The second-order valence-electron chi connectivity index (χ2n) is 4.98. The van der Waals surface area contributed by atoms with Gasteiger partial charge in [-0.05, 0) is 42.8 Å². The lowest BCUT2D eigenvalue weighted by Gasteiger charge is -2.18. The molecule has 1 aliphatic rings. The molecule has 112 valence electrons. The average Bonchev–Trinajstić information content (AvgIpc) is 3.02. The fourth-order valence-electron chi connectivity index (χ4n) is 2.68. The molecule has 1 aromatic carbocycles. The van der Waals surface area contributed by atoms with Crippen molar-refractivity contribution in [1.29, 1.82) is 0 Å². The number of benzene rings is 1. The number of fused-ring (bicyclic) bond motifs is 1. The predicted octanol–water partition coefficient (Wildman–Crippen LogP) is 5.15. The minimum absolute atomic E-state index is 0.0769. The van der Waals surface area contributed by atoms with Crippen molar-refractivity contribution in [2.24, 2.45) is 0 Å². The van der Waals surface area contributed by atoms with Gasteiger partial charge < -0.3 is 10.1 Å². The lowest BCUT2D eigenvalue weighted by atomic mass is 9.98. The number of likely N-dealkylation sites (N-methyl/N-ethyl adjacent to an activating group) is 1. The second-order valence-corrected chi connectivity index (χ2v) is 7.70. The highest BCUT2D eigenvalue weighted by molar-refractivity contribution is 7.20. The predicted molar refractivity (Wildman–Crippen MR) is 90.5 cm³/mol. The van der Waals surface area contributed by atoms with Crippen LogP contribution in [0, 0.1) is 0 Å². The summed E-state index contributed by atoms with van der Waals surface area (Å²) in [5, 5.41) is 4.05. The van der Waals surface area contributed by atoms with Crippen molar-refractivity contribution in [3.05, 3.63) is 48.6 Å². The van der Waals surface area contributed by atoms with E-state index in [4.69, 9.17) is 39.5 Å². The van der Waals surface area contributed by atoms with Crippen molar-refractivity contribution in [2.75, 3.05) is 13.7 Å². The first-order valence-electron chi connectivity index (χ1n) is 6.64. The van der Waals surface area contributed by atoms with Gasteiger partial charge in [0.1, 0.15) is 5.75 Å². The minimum Gasteiger partial charge on any atom is -0.493 e. The Hall–Kier alpha value is -0.450. The Morgan fingerprint density at radius 2 is 2.10 bits per heavy atom. The van der Waals surface area contributed by atoms with Gasteiger partial charge in [-0.3, -0.25) is 0 Å². The van der Waals surface area contributed by atoms with E-state index in [2.05, 4.69) is 5.32 Å². The summed E-state index contributed by atoms with van der Waals surface area (Å²) in [5.41, 5.74) is 3.30. The largest absolute Gasteiger partial charge is 0.493 e. The monoisotopic (exact) mass is 361 g/mol. The van der Waals surface area contributed by atoms with E-state index in [1.807, 2.05) is 25.2 Å². The Morgan fingerprint density at radius 1 is 1.29 bits per heavy atom. The van der Waals surface area contributed by atoms with Crippen LogP contribution in [-0.4, -0.2) is 13.7 Å². The van der Waals surface area contributed by atoms with Gasteiger partial charge in [-0.15, -0.1) is 11.3 Å². The van der Waals surface area contributed by atoms with Crippen LogP contribution in [0.3, 0.4) is 0 Å². The van der Waals surface area contributed by atoms with Crippen LogP contribution in [0.1, 0.15) is 22.7 Å². The first-order chi connectivity index (χ1) is 10.1. The van der Waals surface area contributed by atoms with Gasteiger partial charge in [0, 0.05) is 23.0 Å². The summed E-state index contributed by atoms with van der Waals surface area (Å²) < 4.78 is 7.18. The molecule has 0 fully saturated rings. The van der Waals surface area contributed by atoms with Crippen LogP contribution in [-0.2, 0) is 12.8 Å². The summed E-state index contributed by atoms with van der Waals surface area (Å²) in [7, 11) is 1.91. The molecule has 2 heterocycles. The topological polar surface area (TPSA) is 21.3 Å². The van der Waals surface area contributed by atoms with Gasteiger partial charge in [-0.2, -0.15) is 0 Å². The van der Waals surface area contributed by atoms with Crippen molar-refractivity contribution in [3.63, 3.8) is 0 Å². The summed E-state index contributed by atoms with van der Waals surface area (Å²) in [5.74, 6) is 0.970. The van der Waals surface area contributed by atoms with Gasteiger partial charge in [-0.25, -0.2) is 0 Å². The summed E-state index contributed by atoms with van der Waals surface area (Å²) in [6.07, 6.45) is 1.67. The molecule has 0 aliphatic carbocycles. The number of hydrogen-bond donors (Lipinski definition) is 1. The third-order valence-corrected chi connectivity index (χ3v) is 5.39. The third kappa shape index (κ3) is 3.17.